The predicted molar refractivity (Wildman–Crippen MR) is 90.0 cm³/mol. The Balaban J connectivity index is 1.66. The standard InChI is InChI=1S/C14H19ClN4O3S/c15-19-7-4-10(5-8-19)6-9-22-12-3-1-2-11-13(12)14(16)18-23(20,21)17-11/h1-3,10,17H,4-9H2,(H2,16,18). The van der Waals surface area contributed by atoms with E-state index < -0.39 is 10.2 Å². The molecule has 2 aliphatic rings. The first kappa shape index (κ1) is 16.4. The number of halogens is 1. The number of amidine groups is 1. The zero-order valence-corrected chi connectivity index (χ0v) is 14.1. The number of ether oxygens (including phenoxy) is 1. The summed E-state index contributed by atoms with van der Waals surface area (Å²) in [6.45, 7) is 2.34. The van der Waals surface area contributed by atoms with Gasteiger partial charge in [0.1, 0.15) is 5.75 Å². The molecule has 7 nitrogen and oxygen atoms in total. The second-order valence-corrected chi connectivity index (χ2v) is 7.54. The van der Waals surface area contributed by atoms with Crippen molar-refractivity contribution in [2.75, 3.05) is 24.4 Å². The van der Waals surface area contributed by atoms with E-state index in [0.717, 1.165) is 32.4 Å². The lowest BCUT2D eigenvalue weighted by atomic mass is 9.95. The Morgan fingerprint density at radius 1 is 1.39 bits per heavy atom. The molecule has 0 amide bonds. The van der Waals surface area contributed by atoms with Crippen LogP contribution in [-0.2, 0) is 10.2 Å². The zero-order chi connectivity index (χ0) is 16.4. The van der Waals surface area contributed by atoms with Crippen LogP contribution >= 0.6 is 11.8 Å². The number of fused-ring (bicyclic) bond motifs is 1. The molecule has 1 aromatic rings. The summed E-state index contributed by atoms with van der Waals surface area (Å²) in [5.41, 5.74) is 6.68. The molecule has 1 fully saturated rings. The molecule has 23 heavy (non-hydrogen) atoms. The van der Waals surface area contributed by atoms with Crippen LogP contribution in [0.5, 0.6) is 5.75 Å². The van der Waals surface area contributed by atoms with E-state index >= 15 is 0 Å². The fraction of sp³-hybridized carbons (Fsp3) is 0.500. The monoisotopic (exact) mass is 358 g/mol. The van der Waals surface area contributed by atoms with E-state index in [0.29, 0.717) is 29.5 Å². The van der Waals surface area contributed by atoms with Crippen LogP contribution in [0.4, 0.5) is 5.69 Å². The Morgan fingerprint density at radius 2 is 2.13 bits per heavy atom. The molecule has 2 heterocycles. The number of benzene rings is 1. The van der Waals surface area contributed by atoms with Crippen LogP contribution in [0.2, 0.25) is 0 Å². The minimum absolute atomic E-state index is 0.0511. The number of rotatable bonds is 4. The first-order chi connectivity index (χ1) is 10.9. The summed E-state index contributed by atoms with van der Waals surface area (Å²) in [6.07, 6.45) is 3.05. The van der Waals surface area contributed by atoms with Crippen molar-refractivity contribution in [1.29, 1.82) is 0 Å². The van der Waals surface area contributed by atoms with Crippen LogP contribution in [0, 0.1) is 5.92 Å². The van der Waals surface area contributed by atoms with E-state index in [1.165, 1.54) is 0 Å². The number of nitrogens with one attached hydrogen (secondary N) is 1. The summed E-state index contributed by atoms with van der Waals surface area (Å²) in [6, 6.07) is 5.13. The van der Waals surface area contributed by atoms with Crippen LogP contribution in [0.25, 0.3) is 0 Å². The summed E-state index contributed by atoms with van der Waals surface area (Å²) < 4.78 is 36.6. The van der Waals surface area contributed by atoms with Gasteiger partial charge in [-0.05, 0) is 49.1 Å². The minimum Gasteiger partial charge on any atom is -0.493 e. The molecule has 0 unspecified atom stereocenters. The number of hydrogen-bond acceptors (Lipinski definition) is 5. The topological polar surface area (TPSA) is 97.0 Å². The van der Waals surface area contributed by atoms with Gasteiger partial charge >= 0.3 is 10.2 Å². The van der Waals surface area contributed by atoms with E-state index in [9.17, 15) is 8.42 Å². The van der Waals surface area contributed by atoms with E-state index in [4.69, 9.17) is 22.2 Å². The van der Waals surface area contributed by atoms with E-state index in [-0.39, 0.29) is 5.84 Å². The Labute approximate surface area is 140 Å². The average molecular weight is 359 g/mol. The lowest BCUT2D eigenvalue weighted by Gasteiger charge is -2.27. The molecule has 0 atom stereocenters. The number of piperidine rings is 1. The highest BCUT2D eigenvalue weighted by Gasteiger charge is 2.24. The SMILES string of the molecule is NC1=NS(=O)(=O)Nc2cccc(OCCC3CCN(Cl)CC3)c21. The molecule has 3 rings (SSSR count). The zero-order valence-electron chi connectivity index (χ0n) is 12.5. The van der Waals surface area contributed by atoms with Gasteiger partial charge in [-0.2, -0.15) is 8.42 Å². The van der Waals surface area contributed by atoms with Crippen LogP contribution < -0.4 is 15.2 Å². The molecule has 0 saturated carbocycles. The van der Waals surface area contributed by atoms with Gasteiger partial charge in [-0.3, -0.25) is 4.72 Å². The minimum atomic E-state index is -3.76. The summed E-state index contributed by atoms with van der Waals surface area (Å²) in [5.74, 6) is 1.08. The van der Waals surface area contributed by atoms with Gasteiger partial charge in [0, 0.05) is 13.1 Å². The molecule has 1 aromatic carbocycles. The first-order valence-electron chi connectivity index (χ1n) is 7.50. The van der Waals surface area contributed by atoms with Gasteiger partial charge in [0.2, 0.25) is 0 Å². The van der Waals surface area contributed by atoms with E-state index in [2.05, 4.69) is 9.12 Å². The molecule has 2 aliphatic heterocycles. The summed E-state index contributed by atoms with van der Waals surface area (Å²) in [4.78, 5) is 0. The molecule has 126 valence electrons. The maximum absolute atomic E-state index is 11.5. The largest absolute Gasteiger partial charge is 0.493 e. The lowest BCUT2D eigenvalue weighted by Crippen LogP contribution is -2.28. The van der Waals surface area contributed by atoms with E-state index in [1.54, 1.807) is 18.2 Å². The third-order valence-corrected chi connectivity index (χ3v) is 5.34. The number of nitrogens with two attached hydrogens (primary N) is 1. The van der Waals surface area contributed by atoms with Crippen LogP contribution in [0.15, 0.2) is 22.6 Å². The van der Waals surface area contributed by atoms with Crippen molar-refractivity contribution in [1.82, 2.24) is 4.42 Å². The van der Waals surface area contributed by atoms with Gasteiger partial charge < -0.3 is 10.5 Å². The lowest BCUT2D eigenvalue weighted by molar-refractivity contribution is 0.222. The Bertz CT molecular complexity index is 715. The molecule has 0 radical (unpaired) electrons. The van der Waals surface area contributed by atoms with Crippen molar-refractivity contribution >= 4 is 33.5 Å². The van der Waals surface area contributed by atoms with Gasteiger partial charge in [0.15, 0.2) is 5.84 Å². The van der Waals surface area contributed by atoms with Crippen LogP contribution in [-0.4, -0.2) is 38.4 Å². The van der Waals surface area contributed by atoms with Crippen molar-refractivity contribution in [3.8, 4) is 5.75 Å². The smallest absolute Gasteiger partial charge is 0.344 e. The van der Waals surface area contributed by atoms with Crippen molar-refractivity contribution in [2.24, 2.45) is 16.0 Å². The highest BCUT2D eigenvalue weighted by Crippen LogP contribution is 2.31. The fourth-order valence-electron chi connectivity index (χ4n) is 2.86. The van der Waals surface area contributed by atoms with Crippen molar-refractivity contribution in [3.05, 3.63) is 23.8 Å². The highest BCUT2D eigenvalue weighted by atomic mass is 35.5. The average Bonchev–Trinajstić information content (AvgIpc) is 2.47. The van der Waals surface area contributed by atoms with Gasteiger partial charge in [-0.1, -0.05) is 6.07 Å². The van der Waals surface area contributed by atoms with E-state index in [1.807, 2.05) is 4.42 Å². The number of nitrogens with zero attached hydrogens (tertiary/aromatic N) is 2. The highest BCUT2D eigenvalue weighted by molar-refractivity contribution is 7.91. The second-order valence-electron chi connectivity index (χ2n) is 5.72. The predicted octanol–water partition coefficient (Wildman–Crippen LogP) is 1.70. The van der Waals surface area contributed by atoms with Gasteiger partial charge in [-0.25, -0.2) is 4.42 Å². The molecule has 0 aliphatic carbocycles. The molecular weight excluding hydrogens is 340 g/mol. The van der Waals surface area contributed by atoms with Gasteiger partial charge in [0.05, 0.1) is 17.9 Å². The number of hydrogen-bond donors (Lipinski definition) is 2. The molecule has 1 saturated heterocycles. The Kier molecular flexibility index (Phi) is 4.65. The third kappa shape index (κ3) is 3.88. The Hall–Kier alpha value is -1.51. The van der Waals surface area contributed by atoms with Gasteiger partial charge in [-0.15, -0.1) is 4.40 Å². The summed E-state index contributed by atoms with van der Waals surface area (Å²) >= 11 is 5.95. The van der Waals surface area contributed by atoms with Crippen molar-refractivity contribution in [2.45, 2.75) is 19.3 Å². The van der Waals surface area contributed by atoms with Crippen molar-refractivity contribution in [3.63, 3.8) is 0 Å². The molecule has 0 bridgehead atoms. The molecule has 0 aromatic heterocycles. The Morgan fingerprint density at radius 3 is 2.87 bits per heavy atom. The van der Waals surface area contributed by atoms with Crippen molar-refractivity contribution < 1.29 is 13.2 Å². The molecule has 0 spiro atoms. The third-order valence-electron chi connectivity index (χ3n) is 4.08. The fourth-order valence-corrected chi connectivity index (χ4v) is 3.90. The van der Waals surface area contributed by atoms with Gasteiger partial charge in [0.25, 0.3) is 0 Å². The maximum Gasteiger partial charge on any atom is 0.344 e. The molecular formula is C14H19ClN4O3S. The second kappa shape index (κ2) is 6.54. The summed E-state index contributed by atoms with van der Waals surface area (Å²) in [5, 5.41) is 0. The first-order valence-corrected chi connectivity index (χ1v) is 9.27. The quantitative estimate of drug-likeness (QED) is 0.798. The van der Waals surface area contributed by atoms with Crippen LogP contribution in [0.1, 0.15) is 24.8 Å². The van der Waals surface area contributed by atoms with Crippen LogP contribution in [0.3, 0.4) is 0 Å². The number of anilines is 1. The molecule has 3 N–H and O–H groups in total. The normalized spacial score (nSPS) is 21.2. The molecule has 9 heteroatoms. The maximum atomic E-state index is 11.5. The summed E-state index contributed by atoms with van der Waals surface area (Å²) in [7, 11) is -3.76.